The van der Waals surface area contributed by atoms with Crippen molar-refractivity contribution in [1.82, 2.24) is 9.97 Å². The molecule has 0 bridgehead atoms. The average molecular weight is 208 g/mol. The summed E-state index contributed by atoms with van der Waals surface area (Å²) in [4.78, 5) is 11.1. The third-order valence-electron chi connectivity index (χ3n) is 2.66. The summed E-state index contributed by atoms with van der Waals surface area (Å²) in [5.41, 5.74) is 8.70. The lowest BCUT2D eigenvalue weighted by Gasteiger charge is -2.20. The number of nitrogens with two attached hydrogens (primary N) is 1. The standard InChI is InChI=1S/C11H20N4/c1-5-15(6-2)11-13-8(3)10(7-12)9(4)14-11/h5-7,12H2,1-4H3. The van der Waals surface area contributed by atoms with Crippen molar-refractivity contribution in [2.75, 3.05) is 18.0 Å². The van der Waals surface area contributed by atoms with Crippen LogP contribution in [0.1, 0.15) is 30.8 Å². The summed E-state index contributed by atoms with van der Waals surface area (Å²) in [5.74, 6) is 0.812. The van der Waals surface area contributed by atoms with Gasteiger partial charge in [0.2, 0.25) is 5.95 Å². The lowest BCUT2D eigenvalue weighted by molar-refractivity contribution is 0.800. The molecule has 0 aliphatic rings. The van der Waals surface area contributed by atoms with Crippen LogP contribution in [0.15, 0.2) is 0 Å². The van der Waals surface area contributed by atoms with Crippen LogP contribution in [0.25, 0.3) is 0 Å². The van der Waals surface area contributed by atoms with Crippen molar-refractivity contribution in [2.24, 2.45) is 5.73 Å². The summed E-state index contributed by atoms with van der Waals surface area (Å²) in [6.07, 6.45) is 0. The van der Waals surface area contributed by atoms with Crippen molar-refractivity contribution in [1.29, 1.82) is 0 Å². The maximum Gasteiger partial charge on any atom is 0.225 e. The molecule has 0 aromatic carbocycles. The van der Waals surface area contributed by atoms with E-state index in [2.05, 4.69) is 28.7 Å². The molecule has 0 saturated heterocycles. The van der Waals surface area contributed by atoms with Crippen molar-refractivity contribution in [3.05, 3.63) is 17.0 Å². The highest BCUT2D eigenvalue weighted by molar-refractivity contribution is 5.36. The zero-order chi connectivity index (χ0) is 11.4. The summed E-state index contributed by atoms with van der Waals surface area (Å²) in [5, 5.41) is 0. The highest BCUT2D eigenvalue weighted by atomic mass is 15.2. The summed E-state index contributed by atoms with van der Waals surface area (Å²) in [6.45, 7) is 10.6. The zero-order valence-electron chi connectivity index (χ0n) is 10.0. The van der Waals surface area contributed by atoms with Crippen molar-refractivity contribution >= 4 is 5.95 Å². The lowest BCUT2D eigenvalue weighted by atomic mass is 10.2. The molecule has 2 N–H and O–H groups in total. The number of nitrogens with zero attached hydrogens (tertiary/aromatic N) is 3. The number of aromatic nitrogens is 2. The Labute approximate surface area is 91.5 Å². The maximum absolute atomic E-state index is 5.65. The summed E-state index contributed by atoms with van der Waals surface area (Å²) < 4.78 is 0. The minimum Gasteiger partial charge on any atom is -0.341 e. The first-order valence-corrected chi connectivity index (χ1v) is 5.43. The minimum absolute atomic E-state index is 0.510. The van der Waals surface area contributed by atoms with E-state index in [1.54, 1.807) is 0 Å². The minimum atomic E-state index is 0.510. The molecule has 1 rings (SSSR count). The van der Waals surface area contributed by atoms with Gasteiger partial charge in [-0.3, -0.25) is 0 Å². The van der Waals surface area contributed by atoms with Gasteiger partial charge in [0.25, 0.3) is 0 Å². The highest BCUT2D eigenvalue weighted by Crippen LogP contribution is 2.14. The molecule has 0 amide bonds. The topological polar surface area (TPSA) is 55.0 Å². The first kappa shape index (κ1) is 11.9. The Morgan fingerprint density at radius 3 is 1.87 bits per heavy atom. The van der Waals surface area contributed by atoms with Crippen LogP contribution in [0.3, 0.4) is 0 Å². The second kappa shape index (κ2) is 5.07. The average Bonchev–Trinajstić information content (AvgIpc) is 2.19. The molecule has 0 spiro atoms. The van der Waals surface area contributed by atoms with Crippen molar-refractivity contribution in [3.63, 3.8) is 0 Å². The third kappa shape index (κ3) is 2.45. The van der Waals surface area contributed by atoms with E-state index >= 15 is 0 Å². The number of hydrogen-bond donors (Lipinski definition) is 1. The van der Waals surface area contributed by atoms with Crippen molar-refractivity contribution in [2.45, 2.75) is 34.2 Å². The number of hydrogen-bond acceptors (Lipinski definition) is 4. The normalized spacial score (nSPS) is 10.5. The van der Waals surface area contributed by atoms with Gasteiger partial charge in [0.1, 0.15) is 0 Å². The fraction of sp³-hybridized carbons (Fsp3) is 0.636. The predicted molar refractivity (Wildman–Crippen MR) is 63.0 cm³/mol. The molecule has 4 nitrogen and oxygen atoms in total. The Morgan fingerprint density at radius 2 is 1.53 bits per heavy atom. The van der Waals surface area contributed by atoms with E-state index in [0.717, 1.165) is 36.0 Å². The summed E-state index contributed by atoms with van der Waals surface area (Å²) in [6, 6.07) is 0. The first-order chi connectivity index (χ1) is 7.13. The van der Waals surface area contributed by atoms with Crippen LogP contribution in [0.2, 0.25) is 0 Å². The second-order valence-electron chi connectivity index (χ2n) is 3.55. The Morgan fingerprint density at radius 1 is 1.07 bits per heavy atom. The predicted octanol–water partition coefficient (Wildman–Crippen LogP) is 1.40. The van der Waals surface area contributed by atoms with Gasteiger partial charge in [0.05, 0.1) is 0 Å². The molecule has 0 atom stereocenters. The van der Waals surface area contributed by atoms with E-state index < -0.39 is 0 Å². The fourth-order valence-electron chi connectivity index (χ4n) is 1.67. The SMILES string of the molecule is CCN(CC)c1nc(C)c(CN)c(C)n1. The van der Waals surface area contributed by atoms with Crippen molar-refractivity contribution < 1.29 is 0 Å². The molecule has 1 aromatic rings. The molecule has 0 radical (unpaired) electrons. The van der Waals surface area contributed by atoms with Crippen LogP contribution in [-0.2, 0) is 6.54 Å². The molecular weight excluding hydrogens is 188 g/mol. The summed E-state index contributed by atoms with van der Waals surface area (Å²) >= 11 is 0. The quantitative estimate of drug-likeness (QED) is 0.812. The molecule has 0 saturated carbocycles. The monoisotopic (exact) mass is 208 g/mol. The second-order valence-corrected chi connectivity index (χ2v) is 3.55. The molecule has 84 valence electrons. The number of aryl methyl sites for hydroxylation is 2. The van der Waals surface area contributed by atoms with Gasteiger partial charge in [-0.25, -0.2) is 9.97 Å². The largest absolute Gasteiger partial charge is 0.341 e. The molecule has 0 aliphatic carbocycles. The molecule has 0 fully saturated rings. The van der Waals surface area contributed by atoms with Crippen molar-refractivity contribution in [3.8, 4) is 0 Å². The fourth-order valence-corrected chi connectivity index (χ4v) is 1.67. The van der Waals surface area contributed by atoms with Crippen LogP contribution in [0.5, 0.6) is 0 Å². The number of rotatable bonds is 4. The van der Waals surface area contributed by atoms with Gasteiger partial charge < -0.3 is 10.6 Å². The molecule has 1 aromatic heterocycles. The molecular formula is C11H20N4. The van der Waals surface area contributed by atoms with E-state index in [4.69, 9.17) is 5.73 Å². The van der Waals surface area contributed by atoms with E-state index in [1.165, 1.54) is 0 Å². The van der Waals surface area contributed by atoms with Gasteiger partial charge in [-0.15, -0.1) is 0 Å². The van der Waals surface area contributed by atoms with E-state index in [1.807, 2.05) is 13.8 Å². The Balaban J connectivity index is 3.12. The Hall–Kier alpha value is -1.16. The van der Waals surface area contributed by atoms with Gasteiger partial charge in [-0.2, -0.15) is 0 Å². The lowest BCUT2D eigenvalue weighted by Crippen LogP contribution is -2.25. The van der Waals surface area contributed by atoms with Crippen LogP contribution < -0.4 is 10.6 Å². The van der Waals surface area contributed by atoms with E-state index in [0.29, 0.717) is 6.54 Å². The van der Waals surface area contributed by atoms with Gasteiger partial charge >= 0.3 is 0 Å². The molecule has 4 heteroatoms. The van der Waals surface area contributed by atoms with E-state index in [-0.39, 0.29) is 0 Å². The maximum atomic E-state index is 5.65. The van der Waals surface area contributed by atoms with Crippen LogP contribution in [0, 0.1) is 13.8 Å². The molecule has 0 unspecified atom stereocenters. The summed E-state index contributed by atoms with van der Waals surface area (Å²) in [7, 11) is 0. The first-order valence-electron chi connectivity index (χ1n) is 5.43. The highest BCUT2D eigenvalue weighted by Gasteiger charge is 2.10. The third-order valence-corrected chi connectivity index (χ3v) is 2.66. The van der Waals surface area contributed by atoms with Crippen LogP contribution in [-0.4, -0.2) is 23.1 Å². The van der Waals surface area contributed by atoms with Crippen LogP contribution >= 0.6 is 0 Å². The van der Waals surface area contributed by atoms with Gasteiger partial charge in [0.15, 0.2) is 0 Å². The Kier molecular flexibility index (Phi) is 4.03. The zero-order valence-corrected chi connectivity index (χ0v) is 10.0. The van der Waals surface area contributed by atoms with Crippen LogP contribution in [0.4, 0.5) is 5.95 Å². The molecule has 15 heavy (non-hydrogen) atoms. The van der Waals surface area contributed by atoms with E-state index in [9.17, 15) is 0 Å². The van der Waals surface area contributed by atoms with Gasteiger partial charge in [-0.05, 0) is 27.7 Å². The van der Waals surface area contributed by atoms with Gasteiger partial charge in [0, 0.05) is 36.6 Å². The van der Waals surface area contributed by atoms with Gasteiger partial charge in [-0.1, -0.05) is 0 Å². The smallest absolute Gasteiger partial charge is 0.225 e. The number of anilines is 1. The molecule has 0 aliphatic heterocycles. The Bertz CT molecular complexity index is 308. The molecule has 1 heterocycles.